The van der Waals surface area contributed by atoms with Crippen LogP contribution in [0.4, 0.5) is 0 Å². The molecule has 0 aliphatic heterocycles. The molecular weight excluding hydrogens is 424 g/mol. The van der Waals surface area contributed by atoms with Crippen molar-refractivity contribution in [3.05, 3.63) is 0 Å². The summed E-state index contributed by atoms with van der Waals surface area (Å²) in [5, 5.41) is 9.46. The summed E-state index contributed by atoms with van der Waals surface area (Å²) in [5.74, 6) is -0.202. The molecule has 0 spiro atoms. The smallest absolute Gasteiger partial charge is 0.306 e. The first-order chi connectivity index (χ1) is 16.7. The molecule has 0 aromatic heterocycles. The Kier molecular flexibility index (Phi) is 28.1. The molecule has 1 unspecified atom stereocenters. The van der Waals surface area contributed by atoms with Crippen LogP contribution in [0.5, 0.6) is 0 Å². The maximum Gasteiger partial charge on any atom is 0.306 e. The van der Waals surface area contributed by atoms with E-state index in [0.717, 1.165) is 19.3 Å². The van der Waals surface area contributed by atoms with Crippen LogP contribution in [0.3, 0.4) is 0 Å². The highest BCUT2D eigenvalue weighted by Gasteiger charge is 2.13. The van der Waals surface area contributed by atoms with Crippen molar-refractivity contribution in [3.63, 3.8) is 0 Å². The second-order valence-corrected chi connectivity index (χ2v) is 10.2. The molecule has 0 aromatic carbocycles. The van der Waals surface area contributed by atoms with E-state index in [1.54, 1.807) is 0 Å². The number of esters is 1. The minimum absolute atomic E-state index is 0.165. The van der Waals surface area contributed by atoms with Crippen molar-refractivity contribution in [2.24, 2.45) is 0 Å². The van der Waals surface area contributed by atoms with E-state index in [-0.39, 0.29) is 12.6 Å². The Hall–Kier alpha value is -0.610. The Balaban J connectivity index is 3.40. The first kappa shape index (κ1) is 33.4. The van der Waals surface area contributed by atoms with Crippen LogP contribution in [0.2, 0.25) is 0 Å². The standard InChI is InChI=1S/C30H60O4/c1-3-5-7-9-11-13-14-15-16-18-20-22-24-26-33-28-29(27-31)34-30(32)25-23-21-19-17-12-10-8-6-4-2/h29,31H,3-28H2,1-2H3. The van der Waals surface area contributed by atoms with E-state index in [0.29, 0.717) is 19.6 Å². The Bertz CT molecular complexity index is 399. The van der Waals surface area contributed by atoms with Crippen molar-refractivity contribution in [3.8, 4) is 0 Å². The number of hydrogen-bond acceptors (Lipinski definition) is 4. The van der Waals surface area contributed by atoms with E-state index in [1.807, 2.05) is 0 Å². The van der Waals surface area contributed by atoms with E-state index in [4.69, 9.17) is 9.47 Å². The molecule has 204 valence electrons. The first-order valence-corrected chi connectivity index (χ1v) is 15.1. The zero-order valence-corrected chi connectivity index (χ0v) is 23.1. The lowest BCUT2D eigenvalue weighted by atomic mass is 10.0. The molecule has 0 rings (SSSR count). The third kappa shape index (κ3) is 26.0. The zero-order chi connectivity index (χ0) is 25.0. The molecule has 4 heteroatoms. The Morgan fingerprint density at radius 2 is 0.971 bits per heavy atom. The Morgan fingerprint density at radius 1 is 0.588 bits per heavy atom. The van der Waals surface area contributed by atoms with Gasteiger partial charge in [0, 0.05) is 13.0 Å². The lowest BCUT2D eigenvalue weighted by molar-refractivity contribution is -0.154. The normalized spacial score (nSPS) is 12.2. The fraction of sp³-hybridized carbons (Fsp3) is 0.967. The van der Waals surface area contributed by atoms with Gasteiger partial charge in [-0.1, -0.05) is 142 Å². The van der Waals surface area contributed by atoms with Gasteiger partial charge in [0.15, 0.2) is 0 Å². The van der Waals surface area contributed by atoms with Gasteiger partial charge in [0.2, 0.25) is 0 Å². The fourth-order valence-corrected chi connectivity index (χ4v) is 4.39. The number of rotatable bonds is 28. The summed E-state index contributed by atoms with van der Waals surface area (Å²) in [6.45, 7) is 5.34. The molecule has 0 saturated heterocycles. The Labute approximate surface area is 213 Å². The molecule has 0 fully saturated rings. The molecule has 0 amide bonds. The third-order valence-electron chi connectivity index (χ3n) is 6.68. The number of ether oxygens (including phenoxy) is 2. The SMILES string of the molecule is CCCCCCCCCCCCCCCOCC(CO)OC(=O)CCCCCCCCCCC. The molecule has 0 heterocycles. The van der Waals surface area contributed by atoms with Crippen molar-refractivity contribution >= 4 is 5.97 Å². The van der Waals surface area contributed by atoms with Crippen LogP contribution in [0.25, 0.3) is 0 Å². The van der Waals surface area contributed by atoms with Crippen molar-refractivity contribution in [2.75, 3.05) is 19.8 Å². The predicted molar refractivity (Wildman–Crippen MR) is 145 cm³/mol. The maximum atomic E-state index is 12.0. The van der Waals surface area contributed by atoms with Gasteiger partial charge in [-0.25, -0.2) is 0 Å². The average Bonchev–Trinajstić information content (AvgIpc) is 2.84. The summed E-state index contributed by atoms with van der Waals surface area (Å²) in [5.41, 5.74) is 0. The minimum atomic E-state index is -0.520. The van der Waals surface area contributed by atoms with Crippen molar-refractivity contribution in [1.29, 1.82) is 0 Å². The van der Waals surface area contributed by atoms with Gasteiger partial charge in [0.25, 0.3) is 0 Å². The topological polar surface area (TPSA) is 55.8 Å². The van der Waals surface area contributed by atoms with Crippen LogP contribution >= 0.6 is 0 Å². The van der Waals surface area contributed by atoms with E-state index in [2.05, 4.69) is 13.8 Å². The zero-order valence-electron chi connectivity index (χ0n) is 23.1. The van der Waals surface area contributed by atoms with Crippen LogP contribution in [0.1, 0.15) is 162 Å². The van der Waals surface area contributed by atoms with Crippen LogP contribution in [0.15, 0.2) is 0 Å². The van der Waals surface area contributed by atoms with Crippen LogP contribution in [0, 0.1) is 0 Å². The fourth-order valence-electron chi connectivity index (χ4n) is 4.39. The Morgan fingerprint density at radius 3 is 1.38 bits per heavy atom. The average molecular weight is 485 g/mol. The second-order valence-electron chi connectivity index (χ2n) is 10.2. The van der Waals surface area contributed by atoms with Crippen molar-refractivity contribution in [1.82, 2.24) is 0 Å². The summed E-state index contributed by atoms with van der Waals surface area (Å²) in [6, 6.07) is 0. The number of unbranched alkanes of at least 4 members (excludes halogenated alkanes) is 20. The largest absolute Gasteiger partial charge is 0.457 e. The lowest BCUT2D eigenvalue weighted by Gasteiger charge is -2.16. The summed E-state index contributed by atoms with van der Waals surface area (Å²) < 4.78 is 11.0. The number of carbonyl (C=O) groups excluding carboxylic acids is 1. The van der Waals surface area contributed by atoms with Gasteiger partial charge in [-0.05, 0) is 12.8 Å². The lowest BCUT2D eigenvalue weighted by Crippen LogP contribution is -2.27. The summed E-state index contributed by atoms with van der Waals surface area (Å²) in [7, 11) is 0. The molecule has 0 bridgehead atoms. The summed E-state index contributed by atoms with van der Waals surface area (Å²) in [4.78, 5) is 12.0. The monoisotopic (exact) mass is 484 g/mol. The van der Waals surface area contributed by atoms with Crippen LogP contribution in [-0.2, 0) is 14.3 Å². The highest BCUT2D eigenvalue weighted by atomic mass is 16.6. The minimum Gasteiger partial charge on any atom is -0.457 e. The molecular formula is C30H60O4. The molecule has 0 radical (unpaired) electrons. The number of carbonyl (C=O) groups is 1. The molecule has 0 saturated carbocycles. The van der Waals surface area contributed by atoms with E-state index >= 15 is 0 Å². The van der Waals surface area contributed by atoms with E-state index in [1.165, 1.54) is 122 Å². The molecule has 0 aliphatic rings. The quantitative estimate of drug-likeness (QED) is 0.0889. The predicted octanol–water partition coefficient (Wildman–Crippen LogP) is 8.92. The molecule has 1 atom stereocenters. The molecule has 1 N–H and O–H groups in total. The van der Waals surface area contributed by atoms with Crippen LogP contribution < -0.4 is 0 Å². The highest BCUT2D eigenvalue weighted by molar-refractivity contribution is 5.69. The van der Waals surface area contributed by atoms with Gasteiger partial charge in [-0.3, -0.25) is 4.79 Å². The number of hydrogen-bond donors (Lipinski definition) is 1. The van der Waals surface area contributed by atoms with Gasteiger partial charge in [0.05, 0.1) is 13.2 Å². The van der Waals surface area contributed by atoms with E-state index in [9.17, 15) is 9.90 Å². The van der Waals surface area contributed by atoms with E-state index < -0.39 is 6.10 Å². The first-order valence-electron chi connectivity index (χ1n) is 15.1. The highest BCUT2D eigenvalue weighted by Crippen LogP contribution is 2.13. The van der Waals surface area contributed by atoms with Gasteiger partial charge in [0.1, 0.15) is 6.10 Å². The molecule has 0 aliphatic carbocycles. The molecule has 34 heavy (non-hydrogen) atoms. The number of aliphatic hydroxyl groups excluding tert-OH is 1. The number of aliphatic hydroxyl groups is 1. The third-order valence-corrected chi connectivity index (χ3v) is 6.68. The second kappa shape index (κ2) is 28.6. The van der Waals surface area contributed by atoms with Crippen LogP contribution in [-0.4, -0.2) is 37.0 Å². The van der Waals surface area contributed by atoms with Gasteiger partial charge < -0.3 is 14.6 Å². The van der Waals surface area contributed by atoms with Crippen molar-refractivity contribution < 1.29 is 19.4 Å². The summed E-state index contributed by atoms with van der Waals surface area (Å²) >= 11 is 0. The van der Waals surface area contributed by atoms with Crippen molar-refractivity contribution in [2.45, 2.75) is 168 Å². The molecule has 0 aromatic rings. The van der Waals surface area contributed by atoms with Gasteiger partial charge in [-0.15, -0.1) is 0 Å². The molecule has 4 nitrogen and oxygen atoms in total. The summed E-state index contributed by atoms with van der Waals surface area (Å²) in [6.07, 6.45) is 28.4. The maximum absolute atomic E-state index is 12.0. The van der Waals surface area contributed by atoms with Gasteiger partial charge in [-0.2, -0.15) is 0 Å². The van der Waals surface area contributed by atoms with Gasteiger partial charge >= 0.3 is 5.97 Å².